The van der Waals surface area contributed by atoms with Gasteiger partial charge in [0.25, 0.3) is 0 Å². The zero-order valence-electron chi connectivity index (χ0n) is 8.38. The van der Waals surface area contributed by atoms with E-state index in [0.29, 0.717) is 18.0 Å². The van der Waals surface area contributed by atoms with Crippen LogP contribution in [0.15, 0.2) is 12.7 Å². The summed E-state index contributed by atoms with van der Waals surface area (Å²) in [6.07, 6.45) is 1.84. The minimum Gasteiger partial charge on any atom is -0.329 e. The van der Waals surface area contributed by atoms with Crippen molar-refractivity contribution in [3.05, 3.63) is 12.7 Å². The highest BCUT2D eigenvalue weighted by Crippen LogP contribution is 2.03. The van der Waals surface area contributed by atoms with Gasteiger partial charge in [0.05, 0.1) is 0 Å². The third-order valence-electron chi connectivity index (χ3n) is 1.52. The van der Waals surface area contributed by atoms with Crippen LogP contribution in [0, 0.1) is 0 Å². The molecule has 0 N–H and O–H groups in total. The number of ether oxygens (including phenoxy) is 1. The van der Waals surface area contributed by atoms with E-state index in [1.807, 2.05) is 27.0 Å². The van der Waals surface area contributed by atoms with E-state index in [-0.39, 0.29) is 0 Å². The van der Waals surface area contributed by atoms with Crippen LogP contribution in [0.5, 0.6) is 0 Å². The maximum Gasteiger partial charge on any atom is 0.212 e. The van der Waals surface area contributed by atoms with Gasteiger partial charge in [-0.15, -0.1) is 0 Å². The summed E-state index contributed by atoms with van der Waals surface area (Å²) in [6.45, 7) is 10.4. The predicted octanol–water partition coefficient (Wildman–Crippen LogP) is 1.56. The molecule has 0 aliphatic rings. The fourth-order valence-electron chi connectivity index (χ4n) is 1.01. The van der Waals surface area contributed by atoms with E-state index in [0.717, 1.165) is 13.2 Å². The minimum atomic E-state index is 0.452. The number of hydroxylamine groups is 3. The highest BCUT2D eigenvalue weighted by atomic mass is 16.7. The highest BCUT2D eigenvalue weighted by molar-refractivity contribution is 4.63. The highest BCUT2D eigenvalue weighted by Gasteiger charge is 2.20. The van der Waals surface area contributed by atoms with Gasteiger partial charge in [0.1, 0.15) is 20.2 Å². The van der Waals surface area contributed by atoms with E-state index in [9.17, 15) is 0 Å². The Kier molecular flexibility index (Phi) is 5.98. The molecule has 1 atom stereocenters. The lowest BCUT2D eigenvalue weighted by atomic mass is 10.5. The molecule has 3 heteroatoms. The topological polar surface area (TPSA) is 18.5 Å². The zero-order valence-corrected chi connectivity index (χ0v) is 8.38. The molecule has 0 spiro atoms. The number of likely N-dealkylation sites (N-methyl/N-ethyl adjacent to an activating group) is 1. The van der Waals surface area contributed by atoms with Gasteiger partial charge in [0, 0.05) is 6.61 Å². The second-order valence-electron chi connectivity index (χ2n) is 2.81. The van der Waals surface area contributed by atoms with Crippen LogP contribution in [0.3, 0.4) is 0 Å². The van der Waals surface area contributed by atoms with Gasteiger partial charge in [-0.1, -0.05) is 6.58 Å². The summed E-state index contributed by atoms with van der Waals surface area (Å²) in [5, 5.41) is 0. The molecule has 0 aromatic carbocycles. The van der Waals surface area contributed by atoms with Crippen molar-refractivity contribution >= 4 is 0 Å². The number of hydrogen-bond acceptors (Lipinski definition) is 2. The van der Waals surface area contributed by atoms with Gasteiger partial charge in [0.2, 0.25) is 6.73 Å². The Labute approximate surface area is 75.1 Å². The number of hydrogen-bond donors (Lipinski definition) is 0. The molecule has 72 valence electrons. The monoisotopic (exact) mass is 174 g/mol. The van der Waals surface area contributed by atoms with E-state index in [1.165, 1.54) is 0 Å². The normalized spacial score (nSPS) is 15.6. The van der Waals surface area contributed by atoms with Crippen LogP contribution in [0.1, 0.15) is 13.8 Å². The fourth-order valence-corrected chi connectivity index (χ4v) is 1.01. The molecule has 0 saturated heterocycles. The molecule has 0 aliphatic heterocycles. The van der Waals surface area contributed by atoms with Crippen LogP contribution >= 0.6 is 0 Å². The molecule has 0 radical (unpaired) electrons. The smallest absolute Gasteiger partial charge is 0.212 e. The summed E-state index contributed by atoms with van der Waals surface area (Å²) in [7, 11) is 1.99. The lowest BCUT2D eigenvalue weighted by Gasteiger charge is -2.29. The van der Waals surface area contributed by atoms with Crippen molar-refractivity contribution in [3.8, 4) is 0 Å². The van der Waals surface area contributed by atoms with Crippen LogP contribution in [0.4, 0.5) is 0 Å². The van der Waals surface area contributed by atoms with E-state index in [1.54, 1.807) is 0 Å². The van der Waals surface area contributed by atoms with Crippen LogP contribution in [0.2, 0.25) is 0 Å². The average molecular weight is 174 g/mol. The second kappa shape index (κ2) is 6.17. The van der Waals surface area contributed by atoms with Crippen molar-refractivity contribution in [2.75, 3.05) is 33.5 Å². The Bertz CT molecular complexity index is 128. The fraction of sp³-hybridized carbons (Fsp3) is 0.778. The molecule has 0 aromatic rings. The molecule has 0 fully saturated rings. The van der Waals surface area contributed by atoms with E-state index >= 15 is 0 Å². The Morgan fingerprint density at radius 3 is 2.42 bits per heavy atom. The Balaban J connectivity index is 3.88. The van der Waals surface area contributed by atoms with Gasteiger partial charge in [-0.3, -0.25) is 0 Å². The van der Waals surface area contributed by atoms with Crippen molar-refractivity contribution in [1.82, 2.24) is 0 Å². The lowest BCUT2D eigenvalue weighted by molar-refractivity contribution is -1.10. The Morgan fingerprint density at radius 1 is 1.33 bits per heavy atom. The van der Waals surface area contributed by atoms with E-state index < -0.39 is 0 Å². The van der Waals surface area contributed by atoms with Crippen molar-refractivity contribution in [3.63, 3.8) is 0 Å². The Morgan fingerprint density at radius 2 is 2.00 bits per heavy atom. The molecule has 0 rings (SSSR count). The summed E-state index contributed by atoms with van der Waals surface area (Å²) in [4.78, 5) is 5.51. The van der Waals surface area contributed by atoms with E-state index in [4.69, 9.17) is 9.57 Å². The summed E-state index contributed by atoms with van der Waals surface area (Å²) >= 11 is 0. The first kappa shape index (κ1) is 11.6. The van der Waals surface area contributed by atoms with Crippen LogP contribution < -0.4 is 0 Å². The number of quaternary nitrogens is 1. The summed E-state index contributed by atoms with van der Waals surface area (Å²) in [6, 6.07) is 0. The van der Waals surface area contributed by atoms with Crippen LogP contribution in [-0.2, 0) is 9.57 Å². The standard InChI is InChI=1S/C9H20NO2/c1-5-8-10(4,12-7-3)9-11-6-2/h5H,1,6-9H2,2-4H3/q+1. The van der Waals surface area contributed by atoms with Crippen molar-refractivity contribution < 1.29 is 14.2 Å². The average Bonchev–Trinajstić information content (AvgIpc) is 2.02. The second-order valence-corrected chi connectivity index (χ2v) is 2.81. The van der Waals surface area contributed by atoms with Gasteiger partial charge in [-0.05, 0) is 19.9 Å². The summed E-state index contributed by atoms with van der Waals surface area (Å²) < 4.78 is 5.76. The number of nitrogens with zero attached hydrogens (tertiary/aromatic N) is 1. The molecule has 1 unspecified atom stereocenters. The van der Waals surface area contributed by atoms with E-state index in [2.05, 4.69) is 6.58 Å². The van der Waals surface area contributed by atoms with Gasteiger partial charge >= 0.3 is 0 Å². The predicted molar refractivity (Wildman–Crippen MR) is 49.4 cm³/mol. The van der Waals surface area contributed by atoms with Gasteiger partial charge in [0.15, 0.2) is 0 Å². The van der Waals surface area contributed by atoms with Crippen molar-refractivity contribution in [2.45, 2.75) is 13.8 Å². The summed E-state index contributed by atoms with van der Waals surface area (Å²) in [5.74, 6) is 0. The molecule has 0 aliphatic carbocycles. The molecule has 3 nitrogen and oxygen atoms in total. The first-order valence-electron chi connectivity index (χ1n) is 4.36. The molecular weight excluding hydrogens is 154 g/mol. The molecule has 0 amide bonds. The van der Waals surface area contributed by atoms with Gasteiger partial charge < -0.3 is 4.74 Å². The lowest BCUT2D eigenvalue weighted by Crippen LogP contribution is -2.45. The first-order valence-corrected chi connectivity index (χ1v) is 4.36. The third-order valence-corrected chi connectivity index (χ3v) is 1.52. The van der Waals surface area contributed by atoms with Crippen molar-refractivity contribution in [1.29, 1.82) is 0 Å². The summed E-state index contributed by atoms with van der Waals surface area (Å²) in [5.41, 5.74) is 0. The SMILES string of the molecule is C=CC[N+](C)(COCC)OCC. The molecule has 0 aromatic heterocycles. The zero-order chi connectivity index (χ0) is 9.45. The Hall–Kier alpha value is -0.380. The third kappa shape index (κ3) is 4.49. The largest absolute Gasteiger partial charge is 0.329 e. The van der Waals surface area contributed by atoms with Gasteiger partial charge in [-0.2, -0.15) is 4.65 Å². The maximum absolute atomic E-state index is 5.51. The molecule has 0 saturated carbocycles. The minimum absolute atomic E-state index is 0.452. The van der Waals surface area contributed by atoms with Crippen molar-refractivity contribution in [2.24, 2.45) is 0 Å². The maximum atomic E-state index is 5.51. The molecule has 0 bridgehead atoms. The molecule has 12 heavy (non-hydrogen) atoms. The van der Waals surface area contributed by atoms with Gasteiger partial charge in [-0.25, -0.2) is 4.84 Å². The number of rotatable bonds is 7. The molecular formula is C9H20NO2+. The molecule has 0 heterocycles. The first-order chi connectivity index (χ1) is 5.68. The van der Waals surface area contributed by atoms with Crippen LogP contribution in [0.25, 0.3) is 0 Å². The van der Waals surface area contributed by atoms with Crippen LogP contribution in [-0.4, -0.2) is 38.2 Å². The quantitative estimate of drug-likeness (QED) is 0.252.